The first kappa shape index (κ1) is 12.9. The van der Waals surface area contributed by atoms with Crippen LogP contribution in [0.15, 0.2) is 24.3 Å². The molecule has 1 N–H and O–H groups in total. The number of nitrogens with one attached hydrogen (secondary N) is 1. The molecule has 1 heterocycles. The van der Waals surface area contributed by atoms with Crippen LogP contribution in [0.5, 0.6) is 0 Å². The van der Waals surface area contributed by atoms with E-state index in [4.69, 9.17) is 11.6 Å². The van der Waals surface area contributed by atoms with E-state index in [9.17, 15) is 0 Å². The van der Waals surface area contributed by atoms with Crippen molar-refractivity contribution in [1.82, 2.24) is 10.2 Å². The molecule has 1 aromatic carbocycles. The second kappa shape index (κ2) is 6.39. The molecule has 94 valence electrons. The molecule has 0 aromatic heterocycles. The third kappa shape index (κ3) is 3.70. The number of benzene rings is 1. The summed E-state index contributed by atoms with van der Waals surface area (Å²) in [7, 11) is 0. The molecule has 2 rings (SSSR count). The van der Waals surface area contributed by atoms with Crippen molar-refractivity contribution < 1.29 is 0 Å². The Morgan fingerprint density at radius 1 is 1.24 bits per heavy atom. The van der Waals surface area contributed by atoms with Crippen LogP contribution in [0.3, 0.4) is 0 Å². The summed E-state index contributed by atoms with van der Waals surface area (Å²) in [5, 5.41) is 4.24. The molecule has 0 bridgehead atoms. The Bertz CT molecular complexity index is 331. The molecule has 1 saturated heterocycles. The van der Waals surface area contributed by atoms with Gasteiger partial charge in [-0.1, -0.05) is 30.7 Å². The van der Waals surface area contributed by atoms with Crippen LogP contribution < -0.4 is 5.32 Å². The van der Waals surface area contributed by atoms with Gasteiger partial charge in [0.25, 0.3) is 0 Å². The van der Waals surface area contributed by atoms with Crippen molar-refractivity contribution in [2.45, 2.75) is 32.4 Å². The van der Waals surface area contributed by atoms with Crippen LogP contribution in [0, 0.1) is 0 Å². The third-order valence-electron chi connectivity index (χ3n) is 3.53. The van der Waals surface area contributed by atoms with E-state index in [1.807, 2.05) is 12.1 Å². The summed E-state index contributed by atoms with van der Waals surface area (Å²) in [6.07, 6.45) is 2.53. The molecule has 17 heavy (non-hydrogen) atoms. The van der Waals surface area contributed by atoms with Crippen molar-refractivity contribution in [3.05, 3.63) is 34.9 Å². The van der Waals surface area contributed by atoms with Gasteiger partial charge in [0.1, 0.15) is 0 Å². The Hall–Kier alpha value is -0.570. The van der Waals surface area contributed by atoms with E-state index >= 15 is 0 Å². The van der Waals surface area contributed by atoms with Gasteiger partial charge in [0.2, 0.25) is 0 Å². The van der Waals surface area contributed by atoms with Crippen molar-refractivity contribution >= 4 is 11.6 Å². The van der Waals surface area contributed by atoms with Gasteiger partial charge in [0.05, 0.1) is 0 Å². The highest BCUT2D eigenvalue weighted by molar-refractivity contribution is 6.30. The lowest BCUT2D eigenvalue weighted by molar-refractivity contribution is 0.162. The number of piperidine rings is 1. The molecule has 1 aromatic rings. The second-order valence-corrected chi connectivity index (χ2v) is 5.11. The number of hydrogen-bond acceptors (Lipinski definition) is 2. The maximum atomic E-state index is 5.91. The van der Waals surface area contributed by atoms with Crippen molar-refractivity contribution in [2.75, 3.05) is 19.6 Å². The smallest absolute Gasteiger partial charge is 0.0406 e. The molecule has 1 aliphatic heterocycles. The van der Waals surface area contributed by atoms with E-state index in [0.717, 1.165) is 37.2 Å². The number of rotatable bonds is 4. The van der Waals surface area contributed by atoms with Gasteiger partial charge >= 0.3 is 0 Å². The zero-order chi connectivity index (χ0) is 12.1. The Labute approximate surface area is 109 Å². The monoisotopic (exact) mass is 252 g/mol. The normalized spacial score (nSPS) is 17.6. The van der Waals surface area contributed by atoms with E-state index in [0.29, 0.717) is 0 Å². The van der Waals surface area contributed by atoms with E-state index in [-0.39, 0.29) is 0 Å². The number of halogens is 1. The summed E-state index contributed by atoms with van der Waals surface area (Å²) in [4.78, 5) is 2.57. The van der Waals surface area contributed by atoms with Crippen LogP contribution in [0.25, 0.3) is 0 Å². The zero-order valence-corrected chi connectivity index (χ0v) is 11.2. The maximum Gasteiger partial charge on any atom is 0.0406 e. The molecular formula is C14H21ClN2. The van der Waals surface area contributed by atoms with E-state index in [2.05, 4.69) is 29.3 Å². The molecule has 2 nitrogen and oxygen atoms in total. The quantitative estimate of drug-likeness (QED) is 0.887. The molecule has 1 fully saturated rings. The molecule has 0 radical (unpaired) electrons. The highest BCUT2D eigenvalue weighted by Crippen LogP contribution is 2.16. The third-order valence-corrected chi connectivity index (χ3v) is 3.78. The molecule has 3 heteroatoms. The molecular weight excluding hydrogens is 232 g/mol. The first-order valence-corrected chi connectivity index (χ1v) is 6.86. The fourth-order valence-corrected chi connectivity index (χ4v) is 2.62. The van der Waals surface area contributed by atoms with Crippen molar-refractivity contribution in [2.24, 2.45) is 0 Å². The first-order valence-electron chi connectivity index (χ1n) is 6.49. The fraction of sp³-hybridized carbons (Fsp3) is 0.571. The van der Waals surface area contributed by atoms with E-state index in [1.54, 1.807) is 0 Å². The standard InChI is InChI=1S/C14H21ClN2/c1-2-17(14-7-9-16-10-8-14)11-12-3-5-13(15)6-4-12/h3-6,14,16H,2,7-11H2,1H3. The molecule has 0 unspecified atom stereocenters. The Morgan fingerprint density at radius 2 is 1.88 bits per heavy atom. The predicted octanol–water partition coefficient (Wildman–Crippen LogP) is 2.91. The minimum absolute atomic E-state index is 0.733. The molecule has 1 aliphatic rings. The van der Waals surface area contributed by atoms with Crippen molar-refractivity contribution in [1.29, 1.82) is 0 Å². The summed E-state index contributed by atoms with van der Waals surface area (Å²) < 4.78 is 0. The van der Waals surface area contributed by atoms with Crippen LogP contribution in [0.2, 0.25) is 5.02 Å². The lowest BCUT2D eigenvalue weighted by atomic mass is 10.0. The fourth-order valence-electron chi connectivity index (χ4n) is 2.50. The van der Waals surface area contributed by atoms with Crippen LogP contribution in [-0.2, 0) is 6.54 Å². The summed E-state index contributed by atoms with van der Waals surface area (Å²) in [5.74, 6) is 0. The molecule has 0 saturated carbocycles. The number of nitrogens with zero attached hydrogens (tertiary/aromatic N) is 1. The predicted molar refractivity (Wildman–Crippen MR) is 73.4 cm³/mol. The Morgan fingerprint density at radius 3 is 2.47 bits per heavy atom. The largest absolute Gasteiger partial charge is 0.317 e. The highest BCUT2D eigenvalue weighted by Gasteiger charge is 2.19. The van der Waals surface area contributed by atoms with Crippen molar-refractivity contribution in [3.8, 4) is 0 Å². The highest BCUT2D eigenvalue weighted by atomic mass is 35.5. The van der Waals surface area contributed by atoms with Crippen LogP contribution in [0.4, 0.5) is 0 Å². The summed E-state index contributed by atoms with van der Waals surface area (Å²) in [5.41, 5.74) is 1.36. The van der Waals surface area contributed by atoms with Crippen LogP contribution in [-0.4, -0.2) is 30.6 Å². The van der Waals surface area contributed by atoms with Gasteiger partial charge in [0.15, 0.2) is 0 Å². The second-order valence-electron chi connectivity index (χ2n) is 4.67. The zero-order valence-electron chi connectivity index (χ0n) is 10.5. The SMILES string of the molecule is CCN(Cc1ccc(Cl)cc1)C1CCNCC1. The van der Waals surface area contributed by atoms with Gasteiger partial charge in [-0.3, -0.25) is 4.90 Å². The minimum atomic E-state index is 0.733. The lowest BCUT2D eigenvalue weighted by Crippen LogP contribution is -2.42. The van der Waals surface area contributed by atoms with Crippen LogP contribution in [0.1, 0.15) is 25.3 Å². The van der Waals surface area contributed by atoms with Gasteiger partial charge in [-0.15, -0.1) is 0 Å². The van der Waals surface area contributed by atoms with Gasteiger partial charge in [-0.2, -0.15) is 0 Å². The average Bonchev–Trinajstić information content (AvgIpc) is 2.39. The van der Waals surface area contributed by atoms with Gasteiger partial charge in [0, 0.05) is 17.6 Å². The molecule has 0 aliphatic carbocycles. The number of hydrogen-bond donors (Lipinski definition) is 1. The summed E-state index contributed by atoms with van der Waals surface area (Å²) >= 11 is 5.91. The van der Waals surface area contributed by atoms with Crippen molar-refractivity contribution in [3.63, 3.8) is 0 Å². The molecule has 0 atom stereocenters. The summed E-state index contributed by atoms with van der Waals surface area (Å²) in [6, 6.07) is 8.95. The van der Waals surface area contributed by atoms with Gasteiger partial charge in [-0.25, -0.2) is 0 Å². The van der Waals surface area contributed by atoms with Crippen LogP contribution >= 0.6 is 11.6 Å². The molecule has 0 spiro atoms. The van der Waals surface area contributed by atoms with Gasteiger partial charge in [-0.05, 0) is 50.2 Å². The Kier molecular flexibility index (Phi) is 4.84. The molecule has 0 amide bonds. The van der Waals surface area contributed by atoms with E-state index < -0.39 is 0 Å². The topological polar surface area (TPSA) is 15.3 Å². The van der Waals surface area contributed by atoms with Gasteiger partial charge < -0.3 is 5.32 Å². The van der Waals surface area contributed by atoms with E-state index in [1.165, 1.54) is 18.4 Å². The first-order chi connectivity index (χ1) is 8.29. The average molecular weight is 253 g/mol. The Balaban J connectivity index is 1.96. The maximum absolute atomic E-state index is 5.91. The summed E-state index contributed by atoms with van der Waals surface area (Å²) in [6.45, 7) is 6.72. The lowest BCUT2D eigenvalue weighted by Gasteiger charge is -2.33. The minimum Gasteiger partial charge on any atom is -0.317 e.